The number of fused-ring (bicyclic) bond motifs is 1. The molecule has 0 radical (unpaired) electrons. The molecule has 0 saturated carbocycles. The monoisotopic (exact) mass is 287 g/mol. The SMILES string of the molecule is NC1CC2(CCN1C(=O)O)Cc1nc(Cl)sc1C2. The lowest BCUT2D eigenvalue weighted by molar-refractivity contribution is 0.0556. The molecule has 3 N–H and O–H groups in total. The summed E-state index contributed by atoms with van der Waals surface area (Å²) in [5.74, 6) is 0. The van der Waals surface area contributed by atoms with Crippen molar-refractivity contribution in [2.75, 3.05) is 6.54 Å². The van der Waals surface area contributed by atoms with Crippen LogP contribution < -0.4 is 5.73 Å². The minimum absolute atomic E-state index is 0.101. The number of likely N-dealkylation sites (tertiary alicyclic amines) is 1. The molecule has 1 fully saturated rings. The summed E-state index contributed by atoms with van der Waals surface area (Å²) in [7, 11) is 0. The molecule has 7 heteroatoms. The Morgan fingerprint density at radius 3 is 3.00 bits per heavy atom. The molecule has 1 aromatic heterocycles. The zero-order valence-electron chi connectivity index (χ0n) is 9.73. The summed E-state index contributed by atoms with van der Waals surface area (Å²) in [6, 6.07) is 0. The van der Waals surface area contributed by atoms with Crippen molar-refractivity contribution in [3.05, 3.63) is 15.0 Å². The normalized spacial score (nSPS) is 30.8. The van der Waals surface area contributed by atoms with Crippen LogP contribution >= 0.6 is 22.9 Å². The van der Waals surface area contributed by atoms with Crippen LogP contribution in [0, 0.1) is 5.41 Å². The Morgan fingerprint density at radius 2 is 2.39 bits per heavy atom. The van der Waals surface area contributed by atoms with E-state index in [1.165, 1.54) is 21.1 Å². The quantitative estimate of drug-likeness (QED) is 0.764. The van der Waals surface area contributed by atoms with E-state index in [0.717, 1.165) is 25.0 Å². The first-order valence-corrected chi connectivity index (χ1v) is 7.08. The van der Waals surface area contributed by atoms with Crippen LogP contribution in [0.4, 0.5) is 4.79 Å². The Kier molecular flexibility index (Phi) is 2.76. The van der Waals surface area contributed by atoms with Crippen LogP contribution in [-0.4, -0.2) is 33.8 Å². The fourth-order valence-electron chi connectivity index (χ4n) is 3.12. The fraction of sp³-hybridized carbons (Fsp3) is 0.636. The molecule has 18 heavy (non-hydrogen) atoms. The molecular formula is C11H14ClN3O2S. The zero-order chi connectivity index (χ0) is 12.9. The second-order valence-electron chi connectivity index (χ2n) is 5.19. The number of hydrogen-bond donors (Lipinski definition) is 2. The first-order chi connectivity index (χ1) is 8.49. The number of carboxylic acid groups (broad SMARTS) is 1. The zero-order valence-corrected chi connectivity index (χ0v) is 11.3. The van der Waals surface area contributed by atoms with Gasteiger partial charge in [-0.25, -0.2) is 9.78 Å². The number of rotatable bonds is 0. The van der Waals surface area contributed by atoms with E-state index in [1.54, 1.807) is 0 Å². The van der Waals surface area contributed by atoms with Gasteiger partial charge in [0.25, 0.3) is 0 Å². The van der Waals surface area contributed by atoms with Crippen molar-refractivity contribution in [3.63, 3.8) is 0 Å². The molecule has 0 aromatic carbocycles. The van der Waals surface area contributed by atoms with Gasteiger partial charge in [0, 0.05) is 11.4 Å². The molecule has 2 aliphatic rings. The molecule has 1 amide bonds. The molecule has 1 spiro atoms. The summed E-state index contributed by atoms with van der Waals surface area (Å²) in [6.45, 7) is 0.513. The Labute approximate surface area is 114 Å². The summed E-state index contributed by atoms with van der Waals surface area (Å²) in [5.41, 5.74) is 7.16. The van der Waals surface area contributed by atoms with Crippen LogP contribution in [0.3, 0.4) is 0 Å². The van der Waals surface area contributed by atoms with Crippen LogP contribution in [-0.2, 0) is 12.8 Å². The second-order valence-corrected chi connectivity index (χ2v) is 6.85. The first-order valence-electron chi connectivity index (χ1n) is 5.88. The van der Waals surface area contributed by atoms with Crippen molar-refractivity contribution in [1.29, 1.82) is 0 Å². The number of carbonyl (C=O) groups is 1. The average Bonchev–Trinajstić information content (AvgIpc) is 2.70. The van der Waals surface area contributed by atoms with Crippen molar-refractivity contribution < 1.29 is 9.90 Å². The van der Waals surface area contributed by atoms with E-state index in [-0.39, 0.29) is 5.41 Å². The standard InChI is InChI=1S/C11H14ClN3O2S/c12-9-14-6-3-11(4-7(6)18-9)1-2-15(10(16)17)8(13)5-11/h8H,1-5,13H2,(H,16,17). The smallest absolute Gasteiger partial charge is 0.408 e. The van der Waals surface area contributed by atoms with Gasteiger partial charge in [-0.05, 0) is 31.1 Å². The van der Waals surface area contributed by atoms with Gasteiger partial charge in [-0.2, -0.15) is 0 Å². The van der Waals surface area contributed by atoms with Gasteiger partial charge < -0.3 is 10.8 Å². The summed E-state index contributed by atoms with van der Waals surface area (Å²) in [6.07, 6.45) is 2.06. The predicted molar refractivity (Wildman–Crippen MR) is 68.9 cm³/mol. The van der Waals surface area contributed by atoms with E-state index < -0.39 is 12.3 Å². The summed E-state index contributed by atoms with van der Waals surface area (Å²) in [5, 5.41) is 9.03. The summed E-state index contributed by atoms with van der Waals surface area (Å²) in [4.78, 5) is 17.9. The molecule has 1 aliphatic carbocycles. The number of thiazole rings is 1. The molecule has 0 bridgehead atoms. The average molecular weight is 288 g/mol. The molecular weight excluding hydrogens is 274 g/mol. The lowest BCUT2D eigenvalue weighted by atomic mass is 9.75. The highest BCUT2D eigenvalue weighted by atomic mass is 35.5. The number of hydrogen-bond acceptors (Lipinski definition) is 4. The van der Waals surface area contributed by atoms with Crippen molar-refractivity contribution in [2.24, 2.45) is 11.1 Å². The highest BCUT2D eigenvalue weighted by Gasteiger charge is 2.45. The third-order valence-corrected chi connectivity index (χ3v) is 5.20. The molecule has 1 saturated heterocycles. The Morgan fingerprint density at radius 1 is 1.61 bits per heavy atom. The summed E-state index contributed by atoms with van der Waals surface area (Å²) >= 11 is 7.43. The van der Waals surface area contributed by atoms with Crippen LogP contribution in [0.15, 0.2) is 0 Å². The van der Waals surface area contributed by atoms with Crippen LogP contribution in [0.2, 0.25) is 4.47 Å². The van der Waals surface area contributed by atoms with Crippen LogP contribution in [0.5, 0.6) is 0 Å². The lowest BCUT2D eigenvalue weighted by Gasteiger charge is -2.42. The number of amides is 1. The van der Waals surface area contributed by atoms with Crippen molar-refractivity contribution in [3.8, 4) is 0 Å². The van der Waals surface area contributed by atoms with Crippen molar-refractivity contribution in [2.45, 2.75) is 31.8 Å². The van der Waals surface area contributed by atoms with Crippen LogP contribution in [0.25, 0.3) is 0 Å². The van der Waals surface area contributed by atoms with Gasteiger partial charge in [-0.3, -0.25) is 4.90 Å². The van der Waals surface area contributed by atoms with Gasteiger partial charge in [-0.1, -0.05) is 11.6 Å². The Hall–Kier alpha value is -0.850. The van der Waals surface area contributed by atoms with Gasteiger partial charge in [0.1, 0.15) is 0 Å². The molecule has 2 atom stereocenters. The number of nitrogens with two attached hydrogens (primary N) is 1. The summed E-state index contributed by atoms with van der Waals surface area (Å²) < 4.78 is 0.599. The first kappa shape index (κ1) is 12.2. The van der Waals surface area contributed by atoms with Gasteiger partial charge in [0.2, 0.25) is 0 Å². The van der Waals surface area contributed by atoms with Crippen molar-refractivity contribution >= 4 is 29.0 Å². The van der Waals surface area contributed by atoms with Gasteiger partial charge in [-0.15, -0.1) is 11.3 Å². The maximum Gasteiger partial charge on any atom is 0.408 e. The molecule has 1 aromatic rings. The van der Waals surface area contributed by atoms with Gasteiger partial charge in [0.15, 0.2) is 4.47 Å². The van der Waals surface area contributed by atoms with E-state index in [2.05, 4.69) is 4.98 Å². The molecule has 2 unspecified atom stereocenters. The maximum absolute atomic E-state index is 11.0. The Bertz CT molecular complexity index is 481. The highest BCUT2D eigenvalue weighted by molar-refractivity contribution is 7.15. The predicted octanol–water partition coefficient (Wildman–Crippen LogP) is 1.94. The minimum Gasteiger partial charge on any atom is -0.465 e. The minimum atomic E-state index is -0.925. The maximum atomic E-state index is 11.0. The van der Waals surface area contributed by atoms with E-state index in [1.807, 2.05) is 0 Å². The molecule has 1 aliphatic heterocycles. The van der Waals surface area contributed by atoms with Crippen LogP contribution in [0.1, 0.15) is 23.4 Å². The Balaban J connectivity index is 1.77. The highest BCUT2D eigenvalue weighted by Crippen LogP contribution is 2.47. The number of halogens is 1. The van der Waals surface area contributed by atoms with Gasteiger partial charge >= 0.3 is 6.09 Å². The van der Waals surface area contributed by atoms with E-state index in [9.17, 15) is 4.79 Å². The molecule has 5 nitrogen and oxygen atoms in total. The molecule has 2 heterocycles. The number of piperidine rings is 1. The fourth-order valence-corrected chi connectivity index (χ4v) is 4.48. The van der Waals surface area contributed by atoms with Gasteiger partial charge in [0.05, 0.1) is 11.9 Å². The molecule has 98 valence electrons. The third-order valence-electron chi connectivity index (χ3n) is 4.00. The number of nitrogens with zero attached hydrogens (tertiary/aromatic N) is 2. The van der Waals surface area contributed by atoms with E-state index in [0.29, 0.717) is 17.4 Å². The second kappa shape index (κ2) is 4.08. The van der Waals surface area contributed by atoms with E-state index in [4.69, 9.17) is 22.4 Å². The topological polar surface area (TPSA) is 79.5 Å². The largest absolute Gasteiger partial charge is 0.465 e. The lowest BCUT2D eigenvalue weighted by Crippen LogP contribution is -2.53. The van der Waals surface area contributed by atoms with E-state index >= 15 is 0 Å². The van der Waals surface area contributed by atoms with Crippen molar-refractivity contribution in [1.82, 2.24) is 9.88 Å². The third kappa shape index (κ3) is 1.88. The number of aromatic nitrogens is 1. The molecule has 3 rings (SSSR count).